The van der Waals surface area contributed by atoms with Gasteiger partial charge in [-0.05, 0) is 42.1 Å². The number of thiophene rings is 1. The third-order valence-corrected chi connectivity index (χ3v) is 3.41. The second-order valence-electron chi connectivity index (χ2n) is 3.16. The molecule has 3 heteroatoms. The lowest BCUT2D eigenvalue weighted by Gasteiger charge is -2.04. The van der Waals surface area contributed by atoms with E-state index in [1.807, 2.05) is 12.1 Å². The molecule has 0 aliphatic carbocycles. The number of nitrogens with two attached hydrogens (primary N) is 1. The van der Waals surface area contributed by atoms with Crippen molar-refractivity contribution in [3.05, 3.63) is 40.2 Å². The fourth-order valence-corrected chi connectivity index (χ4v) is 2.54. The van der Waals surface area contributed by atoms with Crippen LogP contribution < -0.4 is 5.73 Å². The lowest BCUT2D eigenvalue weighted by atomic mass is 10.1. The second-order valence-corrected chi connectivity index (χ2v) is 4.52. The first-order valence-electron chi connectivity index (χ1n) is 4.28. The van der Waals surface area contributed by atoms with E-state index in [9.17, 15) is 0 Å². The van der Waals surface area contributed by atoms with E-state index in [2.05, 4.69) is 18.4 Å². The highest BCUT2D eigenvalue weighted by atomic mass is 35.5. The number of rotatable bonds is 1. The normalized spacial score (nSPS) is 10.4. The molecule has 0 radical (unpaired) electrons. The van der Waals surface area contributed by atoms with Crippen LogP contribution in [0.2, 0.25) is 5.02 Å². The van der Waals surface area contributed by atoms with Crippen LogP contribution in [0, 0.1) is 6.92 Å². The van der Waals surface area contributed by atoms with Crippen molar-refractivity contribution in [1.29, 1.82) is 0 Å². The van der Waals surface area contributed by atoms with E-state index in [1.54, 1.807) is 17.4 Å². The molecule has 2 rings (SSSR count). The first-order chi connectivity index (χ1) is 6.68. The average Bonchev–Trinajstić information content (AvgIpc) is 2.52. The molecule has 72 valence electrons. The maximum absolute atomic E-state index is 5.90. The summed E-state index contributed by atoms with van der Waals surface area (Å²) < 4.78 is 0. The molecule has 0 aliphatic heterocycles. The van der Waals surface area contributed by atoms with Gasteiger partial charge in [0.05, 0.1) is 0 Å². The van der Waals surface area contributed by atoms with Crippen molar-refractivity contribution in [2.75, 3.05) is 5.73 Å². The van der Waals surface area contributed by atoms with E-state index in [4.69, 9.17) is 17.3 Å². The zero-order chi connectivity index (χ0) is 10.1. The molecule has 1 nitrogen and oxygen atoms in total. The van der Waals surface area contributed by atoms with Crippen LogP contribution in [0.25, 0.3) is 10.4 Å². The van der Waals surface area contributed by atoms with Crippen molar-refractivity contribution in [2.45, 2.75) is 6.92 Å². The summed E-state index contributed by atoms with van der Waals surface area (Å²) in [6.07, 6.45) is 0. The van der Waals surface area contributed by atoms with E-state index < -0.39 is 0 Å². The fourth-order valence-electron chi connectivity index (χ4n) is 1.39. The molecule has 1 heterocycles. The Balaban J connectivity index is 2.58. The third kappa shape index (κ3) is 1.63. The summed E-state index contributed by atoms with van der Waals surface area (Å²) in [5.74, 6) is 0. The molecule has 0 amide bonds. The van der Waals surface area contributed by atoms with E-state index in [0.717, 1.165) is 11.3 Å². The summed E-state index contributed by atoms with van der Waals surface area (Å²) in [7, 11) is 0. The highest BCUT2D eigenvalue weighted by Gasteiger charge is 2.06. The molecule has 1 aromatic carbocycles. The maximum Gasteiger partial charge on any atom is 0.0426 e. The molecule has 1 aromatic heterocycles. The number of halogens is 1. The molecule has 0 spiro atoms. The molecule has 0 atom stereocenters. The van der Waals surface area contributed by atoms with Crippen LogP contribution in [-0.2, 0) is 0 Å². The van der Waals surface area contributed by atoms with Crippen LogP contribution in [-0.4, -0.2) is 0 Å². The Morgan fingerprint density at radius 3 is 2.64 bits per heavy atom. The van der Waals surface area contributed by atoms with Crippen molar-refractivity contribution in [3.63, 3.8) is 0 Å². The van der Waals surface area contributed by atoms with E-state index >= 15 is 0 Å². The summed E-state index contributed by atoms with van der Waals surface area (Å²) in [4.78, 5) is 1.22. The monoisotopic (exact) mass is 223 g/mol. The summed E-state index contributed by atoms with van der Waals surface area (Å²) >= 11 is 7.54. The van der Waals surface area contributed by atoms with Gasteiger partial charge in [-0.2, -0.15) is 0 Å². The van der Waals surface area contributed by atoms with Crippen molar-refractivity contribution in [1.82, 2.24) is 0 Å². The summed E-state index contributed by atoms with van der Waals surface area (Å²) in [6, 6.07) is 7.72. The van der Waals surface area contributed by atoms with Crippen LogP contribution in [0.3, 0.4) is 0 Å². The van der Waals surface area contributed by atoms with Gasteiger partial charge >= 0.3 is 0 Å². The van der Waals surface area contributed by atoms with Gasteiger partial charge in [0.25, 0.3) is 0 Å². The Kier molecular flexibility index (Phi) is 2.48. The molecular formula is C11H10ClNS. The Morgan fingerprint density at radius 1 is 1.29 bits per heavy atom. The van der Waals surface area contributed by atoms with E-state index in [-0.39, 0.29) is 0 Å². The number of benzene rings is 1. The summed E-state index contributed by atoms with van der Waals surface area (Å²) in [6.45, 7) is 2.08. The molecule has 0 aliphatic rings. The zero-order valence-corrected chi connectivity index (χ0v) is 9.32. The Hall–Kier alpha value is -0.990. The second kappa shape index (κ2) is 3.64. The standard InChI is InChI=1S/C11H10ClNS/c1-7-4-5-14-11(7)9-3-2-8(12)6-10(9)13/h2-6H,13H2,1H3. The Bertz CT molecular complexity index is 462. The third-order valence-electron chi connectivity index (χ3n) is 2.12. The molecular weight excluding hydrogens is 214 g/mol. The molecule has 0 bridgehead atoms. The van der Waals surface area contributed by atoms with Gasteiger partial charge in [0.1, 0.15) is 0 Å². The van der Waals surface area contributed by atoms with E-state index in [0.29, 0.717) is 5.02 Å². The van der Waals surface area contributed by atoms with Gasteiger partial charge in [-0.3, -0.25) is 0 Å². The van der Waals surface area contributed by atoms with Gasteiger partial charge in [-0.1, -0.05) is 11.6 Å². The van der Waals surface area contributed by atoms with E-state index in [1.165, 1.54) is 10.4 Å². The highest BCUT2D eigenvalue weighted by molar-refractivity contribution is 7.13. The van der Waals surface area contributed by atoms with Gasteiger partial charge in [-0.15, -0.1) is 11.3 Å². The molecule has 0 saturated carbocycles. The van der Waals surface area contributed by atoms with Gasteiger partial charge in [0.15, 0.2) is 0 Å². The largest absolute Gasteiger partial charge is 0.398 e. The van der Waals surface area contributed by atoms with Gasteiger partial charge < -0.3 is 5.73 Å². The van der Waals surface area contributed by atoms with Crippen LogP contribution in [0.15, 0.2) is 29.6 Å². The Morgan fingerprint density at radius 2 is 2.07 bits per heavy atom. The smallest absolute Gasteiger partial charge is 0.0426 e. The molecule has 2 aromatic rings. The first kappa shape index (κ1) is 9.56. The highest BCUT2D eigenvalue weighted by Crippen LogP contribution is 2.34. The van der Waals surface area contributed by atoms with Crippen molar-refractivity contribution in [2.24, 2.45) is 0 Å². The SMILES string of the molecule is Cc1ccsc1-c1ccc(Cl)cc1N. The van der Waals surface area contributed by atoms with Gasteiger partial charge in [0.2, 0.25) is 0 Å². The van der Waals surface area contributed by atoms with Crippen molar-refractivity contribution < 1.29 is 0 Å². The fraction of sp³-hybridized carbons (Fsp3) is 0.0909. The summed E-state index contributed by atoms with van der Waals surface area (Å²) in [5.41, 5.74) is 8.97. The van der Waals surface area contributed by atoms with Crippen LogP contribution in [0.4, 0.5) is 5.69 Å². The van der Waals surface area contributed by atoms with Crippen LogP contribution in [0.5, 0.6) is 0 Å². The van der Waals surface area contributed by atoms with Gasteiger partial charge in [-0.25, -0.2) is 0 Å². The minimum absolute atomic E-state index is 0.681. The number of hydrogen-bond donors (Lipinski definition) is 1. The lowest BCUT2D eigenvalue weighted by molar-refractivity contribution is 1.53. The molecule has 0 unspecified atom stereocenters. The average molecular weight is 224 g/mol. The molecule has 0 fully saturated rings. The van der Waals surface area contributed by atoms with Crippen molar-refractivity contribution in [3.8, 4) is 10.4 Å². The maximum atomic E-state index is 5.90. The minimum Gasteiger partial charge on any atom is -0.398 e. The topological polar surface area (TPSA) is 26.0 Å². The molecule has 14 heavy (non-hydrogen) atoms. The quantitative estimate of drug-likeness (QED) is 0.728. The number of hydrogen-bond acceptors (Lipinski definition) is 2. The lowest BCUT2D eigenvalue weighted by Crippen LogP contribution is -1.88. The zero-order valence-electron chi connectivity index (χ0n) is 7.75. The van der Waals surface area contributed by atoms with Crippen LogP contribution >= 0.6 is 22.9 Å². The van der Waals surface area contributed by atoms with Gasteiger partial charge in [0, 0.05) is 21.2 Å². The number of aryl methyl sites for hydroxylation is 1. The molecule has 0 saturated heterocycles. The molecule has 2 N–H and O–H groups in total. The predicted octanol–water partition coefficient (Wildman–Crippen LogP) is 3.96. The predicted molar refractivity (Wildman–Crippen MR) is 63.9 cm³/mol. The Labute approximate surface area is 92.1 Å². The van der Waals surface area contributed by atoms with Crippen molar-refractivity contribution >= 4 is 28.6 Å². The number of anilines is 1. The van der Waals surface area contributed by atoms with Crippen LogP contribution in [0.1, 0.15) is 5.56 Å². The minimum atomic E-state index is 0.681. The summed E-state index contributed by atoms with van der Waals surface area (Å²) in [5, 5.41) is 2.75. The number of nitrogen functional groups attached to an aromatic ring is 1. The first-order valence-corrected chi connectivity index (χ1v) is 5.54.